The van der Waals surface area contributed by atoms with Crippen LogP contribution in [0.4, 0.5) is 0 Å². The fourth-order valence-electron chi connectivity index (χ4n) is 3.14. The van der Waals surface area contributed by atoms with Gasteiger partial charge in [-0.25, -0.2) is 0 Å². The summed E-state index contributed by atoms with van der Waals surface area (Å²) < 4.78 is 0. The molecule has 2 N–H and O–H groups in total. The van der Waals surface area contributed by atoms with E-state index in [-0.39, 0.29) is 0 Å². The van der Waals surface area contributed by atoms with E-state index >= 15 is 0 Å². The second-order valence-electron chi connectivity index (χ2n) is 5.06. The average Bonchev–Trinajstić information content (AvgIpc) is 2.97. The molecule has 0 radical (unpaired) electrons. The maximum Gasteiger partial charge on any atom is 0.192 e. The molecule has 3 rings (SSSR count). The van der Waals surface area contributed by atoms with Crippen LogP contribution >= 0.6 is 0 Å². The van der Waals surface area contributed by atoms with Gasteiger partial charge in [-0.3, -0.25) is 4.99 Å². The van der Waals surface area contributed by atoms with Crippen LogP contribution in [0.1, 0.15) is 44.9 Å². The van der Waals surface area contributed by atoms with Gasteiger partial charge in [0.15, 0.2) is 5.96 Å². The van der Waals surface area contributed by atoms with E-state index in [1.165, 1.54) is 44.9 Å². The van der Waals surface area contributed by atoms with Crippen LogP contribution in [-0.4, -0.2) is 29.0 Å². The SMILES string of the molecule is NC1=NCC2(CCCCC2)N1C1CC1. The first kappa shape index (κ1) is 8.57. The molecule has 1 heterocycles. The minimum atomic E-state index is 0.351. The highest BCUT2D eigenvalue weighted by Gasteiger charge is 2.48. The minimum Gasteiger partial charge on any atom is -0.370 e. The molecule has 2 fully saturated rings. The van der Waals surface area contributed by atoms with Gasteiger partial charge in [0.2, 0.25) is 0 Å². The Kier molecular flexibility index (Phi) is 1.76. The van der Waals surface area contributed by atoms with Gasteiger partial charge in [-0.15, -0.1) is 0 Å². The zero-order valence-corrected chi connectivity index (χ0v) is 8.71. The van der Waals surface area contributed by atoms with Crippen LogP contribution in [0.15, 0.2) is 4.99 Å². The minimum absolute atomic E-state index is 0.351. The molecule has 0 bridgehead atoms. The molecular weight excluding hydrogens is 174 g/mol. The number of nitrogens with two attached hydrogens (primary N) is 1. The van der Waals surface area contributed by atoms with Gasteiger partial charge in [0.05, 0.1) is 12.1 Å². The topological polar surface area (TPSA) is 41.6 Å². The Bertz CT molecular complexity index is 262. The van der Waals surface area contributed by atoms with Crippen molar-refractivity contribution in [3.63, 3.8) is 0 Å². The second-order valence-corrected chi connectivity index (χ2v) is 5.06. The summed E-state index contributed by atoms with van der Waals surface area (Å²) >= 11 is 0. The molecule has 0 unspecified atom stereocenters. The first-order valence-electron chi connectivity index (χ1n) is 5.91. The molecule has 0 saturated heterocycles. The Balaban J connectivity index is 1.84. The molecule has 2 saturated carbocycles. The second kappa shape index (κ2) is 2.88. The van der Waals surface area contributed by atoms with E-state index in [1.54, 1.807) is 0 Å². The fraction of sp³-hybridized carbons (Fsp3) is 0.909. The van der Waals surface area contributed by atoms with E-state index in [0.717, 1.165) is 18.5 Å². The van der Waals surface area contributed by atoms with Crippen LogP contribution < -0.4 is 5.73 Å². The maximum atomic E-state index is 6.00. The highest BCUT2D eigenvalue weighted by atomic mass is 15.4. The van der Waals surface area contributed by atoms with Crippen molar-refractivity contribution in [2.75, 3.05) is 6.54 Å². The Morgan fingerprint density at radius 3 is 2.57 bits per heavy atom. The molecule has 0 aromatic carbocycles. The third kappa shape index (κ3) is 1.14. The summed E-state index contributed by atoms with van der Waals surface area (Å²) in [5, 5.41) is 0. The number of hydrogen-bond donors (Lipinski definition) is 1. The van der Waals surface area contributed by atoms with Gasteiger partial charge in [0.25, 0.3) is 0 Å². The van der Waals surface area contributed by atoms with E-state index in [0.29, 0.717) is 5.54 Å². The number of rotatable bonds is 1. The summed E-state index contributed by atoms with van der Waals surface area (Å²) in [5.74, 6) is 0.828. The largest absolute Gasteiger partial charge is 0.370 e. The molecule has 3 nitrogen and oxygen atoms in total. The lowest BCUT2D eigenvalue weighted by molar-refractivity contribution is 0.135. The van der Waals surface area contributed by atoms with Crippen molar-refractivity contribution in [2.24, 2.45) is 10.7 Å². The van der Waals surface area contributed by atoms with Gasteiger partial charge in [0.1, 0.15) is 0 Å². The lowest BCUT2D eigenvalue weighted by atomic mass is 9.81. The fourth-order valence-corrected chi connectivity index (χ4v) is 3.14. The summed E-state index contributed by atoms with van der Waals surface area (Å²) in [6.45, 7) is 0.968. The molecule has 3 heteroatoms. The molecular formula is C11H19N3. The van der Waals surface area contributed by atoms with Gasteiger partial charge in [0, 0.05) is 6.04 Å². The molecule has 2 aliphatic carbocycles. The first-order chi connectivity index (χ1) is 6.82. The third-order valence-electron chi connectivity index (χ3n) is 3.99. The van der Waals surface area contributed by atoms with E-state index < -0.39 is 0 Å². The lowest BCUT2D eigenvalue weighted by Gasteiger charge is -2.42. The van der Waals surface area contributed by atoms with E-state index in [1.807, 2.05) is 0 Å². The summed E-state index contributed by atoms with van der Waals surface area (Å²) in [7, 11) is 0. The van der Waals surface area contributed by atoms with Crippen molar-refractivity contribution >= 4 is 5.96 Å². The van der Waals surface area contributed by atoms with Gasteiger partial charge in [-0.05, 0) is 25.7 Å². The summed E-state index contributed by atoms with van der Waals surface area (Å²) in [6.07, 6.45) is 9.43. The molecule has 1 spiro atoms. The standard InChI is InChI=1S/C11H19N3/c12-10-13-8-11(6-2-1-3-7-11)14(10)9-4-5-9/h9H,1-8H2,(H2,12,13). The zero-order chi connectivity index (χ0) is 9.60. The highest BCUT2D eigenvalue weighted by molar-refractivity contribution is 5.81. The number of nitrogens with zero attached hydrogens (tertiary/aromatic N) is 2. The van der Waals surface area contributed by atoms with E-state index in [2.05, 4.69) is 9.89 Å². The van der Waals surface area contributed by atoms with E-state index in [9.17, 15) is 0 Å². The lowest BCUT2D eigenvalue weighted by Crippen LogP contribution is -2.53. The van der Waals surface area contributed by atoms with Gasteiger partial charge >= 0.3 is 0 Å². The van der Waals surface area contributed by atoms with Crippen LogP contribution in [0.25, 0.3) is 0 Å². The van der Waals surface area contributed by atoms with Crippen molar-refractivity contribution in [1.82, 2.24) is 4.90 Å². The monoisotopic (exact) mass is 193 g/mol. The highest BCUT2D eigenvalue weighted by Crippen LogP contribution is 2.43. The smallest absolute Gasteiger partial charge is 0.192 e. The van der Waals surface area contributed by atoms with Gasteiger partial charge in [-0.2, -0.15) is 0 Å². The quantitative estimate of drug-likeness (QED) is 0.685. The van der Waals surface area contributed by atoms with Crippen molar-refractivity contribution in [3.8, 4) is 0 Å². The Labute approximate surface area is 85.4 Å². The summed E-state index contributed by atoms with van der Waals surface area (Å²) in [5.41, 5.74) is 6.35. The summed E-state index contributed by atoms with van der Waals surface area (Å²) in [4.78, 5) is 6.94. The molecule has 0 aromatic rings. The van der Waals surface area contributed by atoms with Gasteiger partial charge in [-0.1, -0.05) is 19.3 Å². The van der Waals surface area contributed by atoms with Crippen molar-refractivity contribution in [1.29, 1.82) is 0 Å². The van der Waals surface area contributed by atoms with Crippen LogP contribution in [0.5, 0.6) is 0 Å². The molecule has 14 heavy (non-hydrogen) atoms. The van der Waals surface area contributed by atoms with Crippen LogP contribution in [0, 0.1) is 0 Å². The van der Waals surface area contributed by atoms with Crippen molar-refractivity contribution in [2.45, 2.75) is 56.5 Å². The molecule has 0 aromatic heterocycles. The van der Waals surface area contributed by atoms with Crippen molar-refractivity contribution in [3.05, 3.63) is 0 Å². The van der Waals surface area contributed by atoms with Crippen LogP contribution in [0.3, 0.4) is 0 Å². The third-order valence-corrected chi connectivity index (χ3v) is 3.99. The zero-order valence-electron chi connectivity index (χ0n) is 8.71. The predicted octanol–water partition coefficient (Wildman–Crippen LogP) is 1.48. The predicted molar refractivity (Wildman–Crippen MR) is 57.2 cm³/mol. The normalized spacial score (nSPS) is 30.9. The first-order valence-corrected chi connectivity index (χ1v) is 5.91. The number of hydrogen-bond acceptors (Lipinski definition) is 3. The maximum absolute atomic E-state index is 6.00. The van der Waals surface area contributed by atoms with Gasteiger partial charge < -0.3 is 10.6 Å². The van der Waals surface area contributed by atoms with Crippen molar-refractivity contribution < 1.29 is 0 Å². The molecule has 78 valence electrons. The van der Waals surface area contributed by atoms with Crippen LogP contribution in [-0.2, 0) is 0 Å². The Morgan fingerprint density at radius 1 is 1.21 bits per heavy atom. The molecule has 0 amide bonds. The van der Waals surface area contributed by atoms with Crippen LogP contribution in [0.2, 0.25) is 0 Å². The Morgan fingerprint density at radius 2 is 1.93 bits per heavy atom. The molecule has 1 aliphatic heterocycles. The number of guanidine groups is 1. The van der Waals surface area contributed by atoms with E-state index in [4.69, 9.17) is 5.73 Å². The Hall–Kier alpha value is -0.730. The number of aliphatic imine (C=N–C) groups is 1. The molecule has 3 aliphatic rings. The average molecular weight is 193 g/mol. The molecule has 0 atom stereocenters. The summed E-state index contributed by atoms with van der Waals surface area (Å²) in [6, 6.07) is 0.736.